The van der Waals surface area contributed by atoms with Gasteiger partial charge in [-0.3, -0.25) is 9.36 Å². The maximum Gasteiger partial charge on any atom is 0.340 e. The zero-order chi connectivity index (χ0) is 21.4. The van der Waals surface area contributed by atoms with E-state index in [4.69, 9.17) is 9.05 Å². The molecule has 0 aromatic rings. The van der Waals surface area contributed by atoms with Crippen molar-refractivity contribution in [2.75, 3.05) is 32.5 Å². The van der Waals surface area contributed by atoms with E-state index in [-0.39, 0.29) is 12.1 Å². The van der Waals surface area contributed by atoms with Crippen LogP contribution >= 0.6 is 7.60 Å². The van der Waals surface area contributed by atoms with Gasteiger partial charge in [0.2, 0.25) is 5.91 Å². The van der Waals surface area contributed by atoms with E-state index in [1.807, 2.05) is 13.8 Å². The van der Waals surface area contributed by atoms with Crippen molar-refractivity contribution >= 4 is 13.5 Å². The van der Waals surface area contributed by atoms with Gasteiger partial charge in [-0.15, -0.1) is 0 Å². The van der Waals surface area contributed by atoms with E-state index in [2.05, 4.69) is 27.7 Å². The predicted molar refractivity (Wildman–Crippen MR) is 119 cm³/mol. The Morgan fingerprint density at radius 1 is 0.821 bits per heavy atom. The molecular weight excluding hydrogens is 373 g/mol. The van der Waals surface area contributed by atoms with Gasteiger partial charge < -0.3 is 13.9 Å². The average Bonchev–Trinajstić information content (AvgIpc) is 2.69. The molecule has 0 aromatic carbocycles. The van der Waals surface area contributed by atoms with Crippen molar-refractivity contribution in [3.63, 3.8) is 0 Å². The van der Waals surface area contributed by atoms with Gasteiger partial charge in [0, 0.05) is 13.1 Å². The second-order valence-electron chi connectivity index (χ2n) is 7.76. The first-order valence-corrected chi connectivity index (χ1v) is 13.3. The van der Waals surface area contributed by atoms with E-state index in [9.17, 15) is 9.36 Å². The summed E-state index contributed by atoms with van der Waals surface area (Å²) >= 11 is 0. The molecule has 2 unspecified atom stereocenters. The number of hydrogen-bond acceptors (Lipinski definition) is 4. The molecule has 0 bridgehead atoms. The topological polar surface area (TPSA) is 55.8 Å². The molecule has 0 saturated heterocycles. The predicted octanol–water partition coefficient (Wildman–Crippen LogP) is 6.51. The Bertz CT molecular complexity index is 416. The molecule has 0 heterocycles. The smallest absolute Gasteiger partial charge is 0.340 e. The Hall–Kier alpha value is -0.380. The van der Waals surface area contributed by atoms with Gasteiger partial charge in [-0.05, 0) is 38.5 Å². The van der Waals surface area contributed by atoms with Crippen LogP contribution in [0, 0.1) is 11.8 Å². The van der Waals surface area contributed by atoms with Gasteiger partial charge in [0.05, 0.1) is 13.2 Å². The van der Waals surface area contributed by atoms with Crippen LogP contribution in [0.2, 0.25) is 0 Å². The van der Waals surface area contributed by atoms with Crippen molar-refractivity contribution in [3.05, 3.63) is 0 Å². The summed E-state index contributed by atoms with van der Waals surface area (Å²) in [4.78, 5) is 14.3. The molecule has 0 fully saturated rings. The SMILES string of the molecule is CCCCC(CC)COP(=O)(CC(=O)N(CC)CC)OCC(CC)CCCC. The van der Waals surface area contributed by atoms with Crippen LogP contribution in [0.3, 0.4) is 0 Å². The van der Waals surface area contributed by atoms with Crippen LogP contribution < -0.4 is 0 Å². The van der Waals surface area contributed by atoms with Crippen LogP contribution in [0.5, 0.6) is 0 Å². The third-order valence-electron chi connectivity index (χ3n) is 5.55. The quantitative estimate of drug-likeness (QED) is 0.238. The maximum atomic E-state index is 13.5. The third kappa shape index (κ3) is 11.6. The van der Waals surface area contributed by atoms with Gasteiger partial charge in [-0.25, -0.2) is 0 Å². The Morgan fingerprint density at radius 2 is 1.25 bits per heavy atom. The minimum atomic E-state index is -3.45. The van der Waals surface area contributed by atoms with Crippen LogP contribution in [0.25, 0.3) is 0 Å². The second kappa shape index (κ2) is 16.4. The van der Waals surface area contributed by atoms with E-state index in [0.29, 0.717) is 38.1 Å². The molecule has 0 aliphatic rings. The maximum absolute atomic E-state index is 13.5. The van der Waals surface area contributed by atoms with Crippen LogP contribution in [-0.4, -0.2) is 43.3 Å². The average molecular weight is 420 g/mol. The van der Waals surface area contributed by atoms with E-state index < -0.39 is 7.60 Å². The fourth-order valence-corrected chi connectivity index (χ4v) is 4.87. The lowest BCUT2D eigenvalue weighted by molar-refractivity contribution is -0.128. The third-order valence-corrected chi connectivity index (χ3v) is 7.29. The van der Waals surface area contributed by atoms with Gasteiger partial charge in [0.25, 0.3) is 0 Å². The van der Waals surface area contributed by atoms with Crippen molar-refractivity contribution in [2.45, 2.75) is 92.9 Å². The molecule has 168 valence electrons. The molecule has 0 N–H and O–H groups in total. The molecule has 28 heavy (non-hydrogen) atoms. The highest BCUT2D eigenvalue weighted by atomic mass is 31.2. The molecule has 5 nitrogen and oxygen atoms in total. The molecule has 0 rings (SSSR count). The van der Waals surface area contributed by atoms with Crippen LogP contribution in [0.15, 0.2) is 0 Å². The molecule has 2 atom stereocenters. The van der Waals surface area contributed by atoms with Gasteiger partial charge in [-0.1, -0.05) is 66.2 Å². The number of nitrogens with zero attached hydrogens (tertiary/aromatic N) is 1. The van der Waals surface area contributed by atoms with Crippen molar-refractivity contribution in [2.24, 2.45) is 11.8 Å². The Labute approximate surface area is 174 Å². The normalized spacial score (nSPS) is 15.8. The standard InChI is InChI=1S/C22H46NO4P/c1-7-13-15-20(9-3)17-26-28(25,19-22(24)23(11-5)12-6)27-18-21(10-4)16-14-8-2/h20-21H,7-19H2,1-6H3. The van der Waals surface area contributed by atoms with Gasteiger partial charge in [-0.2, -0.15) is 0 Å². The first-order chi connectivity index (χ1) is 13.4. The summed E-state index contributed by atoms with van der Waals surface area (Å²) in [5.41, 5.74) is 0. The Morgan fingerprint density at radius 3 is 1.57 bits per heavy atom. The summed E-state index contributed by atoms with van der Waals surface area (Å²) in [7, 11) is -3.45. The molecule has 1 amide bonds. The van der Waals surface area contributed by atoms with E-state index in [1.165, 1.54) is 0 Å². The zero-order valence-electron chi connectivity index (χ0n) is 19.4. The molecular formula is C22H46NO4P. The lowest BCUT2D eigenvalue weighted by atomic mass is 10.0. The van der Waals surface area contributed by atoms with Gasteiger partial charge in [0.1, 0.15) is 6.16 Å². The largest absolute Gasteiger partial charge is 0.343 e. The number of unbranched alkanes of at least 4 members (excludes halogenated alkanes) is 2. The van der Waals surface area contributed by atoms with Crippen molar-refractivity contribution in [1.82, 2.24) is 4.90 Å². The number of carbonyl (C=O) groups excluding carboxylic acids is 1. The summed E-state index contributed by atoms with van der Waals surface area (Å²) in [6, 6.07) is 0. The summed E-state index contributed by atoms with van der Waals surface area (Å²) in [5, 5.41) is 0. The lowest BCUT2D eigenvalue weighted by Gasteiger charge is -2.26. The van der Waals surface area contributed by atoms with Gasteiger partial charge in [0.15, 0.2) is 0 Å². The Kier molecular flexibility index (Phi) is 16.2. The van der Waals surface area contributed by atoms with E-state index in [0.717, 1.165) is 51.4 Å². The summed E-state index contributed by atoms with van der Waals surface area (Å²) < 4.78 is 25.2. The van der Waals surface area contributed by atoms with E-state index in [1.54, 1.807) is 4.90 Å². The number of amides is 1. The monoisotopic (exact) mass is 419 g/mol. The fourth-order valence-electron chi connectivity index (χ4n) is 3.20. The molecule has 0 radical (unpaired) electrons. The number of rotatable bonds is 18. The fraction of sp³-hybridized carbons (Fsp3) is 0.955. The Balaban J connectivity index is 5.06. The first-order valence-electron chi connectivity index (χ1n) is 11.5. The highest BCUT2D eigenvalue weighted by Crippen LogP contribution is 2.49. The second-order valence-corrected chi connectivity index (χ2v) is 9.81. The summed E-state index contributed by atoms with van der Waals surface area (Å²) in [5.74, 6) is 0.585. The molecule has 0 spiro atoms. The zero-order valence-corrected chi connectivity index (χ0v) is 20.3. The highest BCUT2D eigenvalue weighted by molar-refractivity contribution is 7.54. The molecule has 6 heteroatoms. The van der Waals surface area contributed by atoms with Crippen molar-refractivity contribution < 1.29 is 18.4 Å². The highest BCUT2D eigenvalue weighted by Gasteiger charge is 2.32. The molecule has 0 aliphatic heterocycles. The van der Waals surface area contributed by atoms with E-state index >= 15 is 0 Å². The van der Waals surface area contributed by atoms with Crippen LogP contribution in [-0.2, 0) is 18.4 Å². The van der Waals surface area contributed by atoms with Crippen LogP contribution in [0.4, 0.5) is 0 Å². The number of carbonyl (C=O) groups is 1. The summed E-state index contributed by atoms with van der Waals surface area (Å²) in [6.45, 7) is 14.5. The summed E-state index contributed by atoms with van der Waals surface area (Å²) in [6.07, 6.45) is 8.50. The minimum Gasteiger partial charge on any atom is -0.343 e. The lowest BCUT2D eigenvalue weighted by Crippen LogP contribution is -2.33. The molecule has 0 aliphatic carbocycles. The number of hydrogen-bond donors (Lipinski definition) is 0. The molecule has 0 saturated carbocycles. The van der Waals surface area contributed by atoms with Crippen LogP contribution in [0.1, 0.15) is 92.9 Å². The molecule has 0 aromatic heterocycles. The van der Waals surface area contributed by atoms with Crippen molar-refractivity contribution in [3.8, 4) is 0 Å². The minimum absolute atomic E-state index is 0.142. The van der Waals surface area contributed by atoms with Gasteiger partial charge >= 0.3 is 7.60 Å². The van der Waals surface area contributed by atoms with Crippen molar-refractivity contribution in [1.29, 1.82) is 0 Å². The first kappa shape index (κ1) is 27.6.